The second-order valence-corrected chi connectivity index (χ2v) is 5.95. The van der Waals surface area contributed by atoms with E-state index < -0.39 is 0 Å². The van der Waals surface area contributed by atoms with Gasteiger partial charge in [-0.1, -0.05) is 12.5 Å². The number of pyridine rings is 1. The molecule has 6 heteroatoms. The molecule has 0 aromatic carbocycles. The molecule has 3 aromatic heterocycles. The first-order chi connectivity index (χ1) is 11.3. The number of nitrogens with zero attached hydrogens (tertiary/aromatic N) is 3. The molecule has 1 amide bonds. The second kappa shape index (κ2) is 5.87. The zero-order valence-corrected chi connectivity index (χ0v) is 12.9. The Morgan fingerprint density at radius 3 is 3.09 bits per heavy atom. The van der Waals surface area contributed by atoms with Crippen LogP contribution in [0.2, 0.25) is 0 Å². The van der Waals surface area contributed by atoms with Crippen LogP contribution in [0.5, 0.6) is 0 Å². The van der Waals surface area contributed by atoms with E-state index in [2.05, 4.69) is 20.6 Å². The lowest BCUT2D eigenvalue weighted by atomic mass is 10.1. The molecular weight excluding hydrogens is 290 g/mol. The summed E-state index contributed by atoms with van der Waals surface area (Å²) in [4.78, 5) is 12.5. The van der Waals surface area contributed by atoms with Crippen molar-refractivity contribution in [2.24, 2.45) is 0 Å². The highest BCUT2D eigenvalue weighted by Crippen LogP contribution is 2.21. The van der Waals surface area contributed by atoms with E-state index in [0.717, 1.165) is 24.1 Å². The van der Waals surface area contributed by atoms with Gasteiger partial charge in [0, 0.05) is 5.69 Å². The van der Waals surface area contributed by atoms with Crippen molar-refractivity contribution in [1.82, 2.24) is 25.1 Å². The van der Waals surface area contributed by atoms with E-state index in [0.29, 0.717) is 12.2 Å². The van der Waals surface area contributed by atoms with Crippen LogP contribution in [0.1, 0.15) is 46.7 Å². The number of hydrogen-bond acceptors (Lipinski definition) is 3. The molecule has 0 atom stereocenters. The number of aryl methyl sites for hydroxylation is 1. The topological polar surface area (TPSA) is 75.1 Å². The zero-order chi connectivity index (χ0) is 15.6. The molecule has 1 aliphatic rings. The molecule has 0 radical (unpaired) electrons. The molecule has 0 fully saturated rings. The average Bonchev–Trinajstić information content (AvgIpc) is 3.13. The summed E-state index contributed by atoms with van der Waals surface area (Å²) in [6.45, 7) is 0.447. The minimum Gasteiger partial charge on any atom is -0.345 e. The smallest absolute Gasteiger partial charge is 0.270 e. The molecule has 3 aromatic rings. The summed E-state index contributed by atoms with van der Waals surface area (Å²) >= 11 is 0. The average molecular weight is 309 g/mol. The lowest BCUT2D eigenvalue weighted by molar-refractivity contribution is 0.0943. The number of rotatable bonds is 3. The normalized spacial score (nSPS) is 14.4. The van der Waals surface area contributed by atoms with E-state index in [9.17, 15) is 4.79 Å². The maximum absolute atomic E-state index is 12.5. The highest BCUT2D eigenvalue weighted by Gasteiger charge is 2.17. The molecular formula is C17H19N5O. The van der Waals surface area contributed by atoms with Crippen molar-refractivity contribution < 1.29 is 4.79 Å². The van der Waals surface area contributed by atoms with Gasteiger partial charge < -0.3 is 5.32 Å². The molecule has 118 valence electrons. The van der Waals surface area contributed by atoms with Crippen molar-refractivity contribution in [1.29, 1.82) is 0 Å². The van der Waals surface area contributed by atoms with Gasteiger partial charge in [0.05, 0.1) is 24.0 Å². The summed E-state index contributed by atoms with van der Waals surface area (Å²) in [7, 11) is 0. The van der Waals surface area contributed by atoms with E-state index in [-0.39, 0.29) is 5.91 Å². The van der Waals surface area contributed by atoms with Crippen molar-refractivity contribution in [3.8, 4) is 0 Å². The minimum atomic E-state index is -0.135. The van der Waals surface area contributed by atoms with Crippen LogP contribution in [0.3, 0.4) is 0 Å². The molecule has 0 saturated heterocycles. The van der Waals surface area contributed by atoms with Gasteiger partial charge in [-0.2, -0.15) is 10.2 Å². The maximum Gasteiger partial charge on any atom is 0.270 e. The first-order valence-corrected chi connectivity index (χ1v) is 8.09. The fourth-order valence-electron chi connectivity index (χ4n) is 3.25. The standard InChI is InChI=1S/C17H19N5O/c23-17(16-8-4-5-12-9-10-19-22(12)16)18-11-15-13-6-2-1-3-7-14(13)20-21-15/h4-5,8-10H,1-3,6-7,11H2,(H,18,23)(H,20,21). The van der Waals surface area contributed by atoms with Crippen molar-refractivity contribution in [2.75, 3.05) is 0 Å². The Kier molecular flexibility index (Phi) is 3.57. The third-order valence-electron chi connectivity index (χ3n) is 4.46. The lowest BCUT2D eigenvalue weighted by Crippen LogP contribution is -2.25. The number of fused-ring (bicyclic) bond motifs is 2. The number of carbonyl (C=O) groups excluding carboxylic acids is 1. The van der Waals surface area contributed by atoms with E-state index in [1.807, 2.05) is 18.2 Å². The highest BCUT2D eigenvalue weighted by atomic mass is 16.1. The Morgan fingerprint density at radius 2 is 2.13 bits per heavy atom. The molecule has 0 aliphatic heterocycles. The molecule has 1 aliphatic carbocycles. The third kappa shape index (κ3) is 2.60. The number of H-pyrrole nitrogens is 1. The second-order valence-electron chi connectivity index (χ2n) is 5.95. The van der Waals surface area contributed by atoms with E-state index >= 15 is 0 Å². The lowest BCUT2D eigenvalue weighted by Gasteiger charge is -2.07. The summed E-state index contributed by atoms with van der Waals surface area (Å²) in [5.41, 5.74) is 4.93. The number of amides is 1. The van der Waals surface area contributed by atoms with Gasteiger partial charge in [-0.25, -0.2) is 4.52 Å². The van der Waals surface area contributed by atoms with E-state index in [1.165, 1.54) is 30.5 Å². The SMILES string of the molecule is O=C(NCc1n[nH]c2c1CCCCC2)c1cccc2ccnn12. The van der Waals surface area contributed by atoms with Crippen LogP contribution in [0.25, 0.3) is 5.52 Å². The van der Waals surface area contributed by atoms with Crippen molar-refractivity contribution >= 4 is 11.4 Å². The van der Waals surface area contributed by atoms with Crippen LogP contribution in [0, 0.1) is 0 Å². The highest BCUT2D eigenvalue weighted by molar-refractivity contribution is 5.93. The first-order valence-electron chi connectivity index (χ1n) is 8.09. The minimum absolute atomic E-state index is 0.135. The van der Waals surface area contributed by atoms with Crippen molar-refractivity contribution in [2.45, 2.75) is 38.6 Å². The number of aromatic nitrogens is 4. The summed E-state index contributed by atoms with van der Waals surface area (Å²) in [6.07, 6.45) is 7.46. The molecule has 0 unspecified atom stereocenters. The van der Waals surface area contributed by atoms with Crippen LogP contribution in [0.15, 0.2) is 30.5 Å². The summed E-state index contributed by atoms with van der Waals surface area (Å²) < 4.78 is 1.65. The van der Waals surface area contributed by atoms with Gasteiger partial charge in [-0.3, -0.25) is 9.89 Å². The van der Waals surface area contributed by atoms with Crippen LogP contribution in [-0.4, -0.2) is 25.7 Å². The van der Waals surface area contributed by atoms with Crippen LogP contribution >= 0.6 is 0 Å². The van der Waals surface area contributed by atoms with Gasteiger partial charge >= 0.3 is 0 Å². The molecule has 4 rings (SSSR count). The number of hydrogen-bond donors (Lipinski definition) is 2. The van der Waals surface area contributed by atoms with E-state index in [4.69, 9.17) is 0 Å². The monoisotopic (exact) mass is 309 g/mol. The van der Waals surface area contributed by atoms with Crippen LogP contribution < -0.4 is 5.32 Å². The molecule has 23 heavy (non-hydrogen) atoms. The maximum atomic E-state index is 12.5. The largest absolute Gasteiger partial charge is 0.345 e. The van der Waals surface area contributed by atoms with Crippen molar-refractivity contribution in [3.63, 3.8) is 0 Å². The zero-order valence-electron chi connectivity index (χ0n) is 12.9. The fourth-order valence-corrected chi connectivity index (χ4v) is 3.25. The first kappa shape index (κ1) is 14.0. The molecule has 3 heterocycles. The Balaban J connectivity index is 1.52. The van der Waals surface area contributed by atoms with Gasteiger partial charge in [0.25, 0.3) is 5.91 Å². The molecule has 0 spiro atoms. The summed E-state index contributed by atoms with van der Waals surface area (Å²) in [5.74, 6) is -0.135. The van der Waals surface area contributed by atoms with Gasteiger partial charge in [0.2, 0.25) is 0 Å². The molecule has 2 N–H and O–H groups in total. The molecule has 6 nitrogen and oxygen atoms in total. The molecule has 0 bridgehead atoms. The number of nitrogens with one attached hydrogen (secondary N) is 2. The Morgan fingerprint density at radius 1 is 1.22 bits per heavy atom. The number of aromatic amines is 1. The van der Waals surface area contributed by atoms with Gasteiger partial charge in [0.1, 0.15) is 5.69 Å². The van der Waals surface area contributed by atoms with Crippen molar-refractivity contribution in [3.05, 3.63) is 53.1 Å². The van der Waals surface area contributed by atoms with Gasteiger partial charge in [-0.05, 0) is 49.4 Å². The fraction of sp³-hybridized carbons (Fsp3) is 0.353. The summed E-state index contributed by atoms with van der Waals surface area (Å²) in [5, 5.41) is 14.7. The van der Waals surface area contributed by atoms with Gasteiger partial charge in [0.15, 0.2) is 0 Å². The Labute approximate surface area is 133 Å². The third-order valence-corrected chi connectivity index (χ3v) is 4.46. The quantitative estimate of drug-likeness (QED) is 0.729. The van der Waals surface area contributed by atoms with E-state index in [1.54, 1.807) is 16.8 Å². The Bertz CT molecular complexity index is 848. The molecule has 0 saturated carbocycles. The van der Waals surface area contributed by atoms with Crippen LogP contribution in [0.4, 0.5) is 0 Å². The van der Waals surface area contributed by atoms with Gasteiger partial charge in [-0.15, -0.1) is 0 Å². The van der Waals surface area contributed by atoms with Crippen LogP contribution in [-0.2, 0) is 19.4 Å². The predicted octanol–water partition coefficient (Wildman–Crippen LogP) is 2.26. The summed E-state index contributed by atoms with van der Waals surface area (Å²) in [6, 6.07) is 7.45. The Hall–Kier alpha value is -2.63. The number of carbonyl (C=O) groups is 1. The predicted molar refractivity (Wildman–Crippen MR) is 86.2 cm³/mol.